The van der Waals surface area contributed by atoms with Gasteiger partial charge in [-0.05, 0) is 35.0 Å². The van der Waals surface area contributed by atoms with Crippen molar-refractivity contribution in [1.29, 1.82) is 0 Å². The van der Waals surface area contributed by atoms with E-state index in [9.17, 15) is 14.4 Å². The van der Waals surface area contributed by atoms with E-state index in [1.807, 2.05) is 0 Å². The van der Waals surface area contributed by atoms with Crippen molar-refractivity contribution in [2.75, 3.05) is 13.2 Å². The number of carbonyl (C=O) groups is 3. The number of esters is 1. The molecule has 5 nitrogen and oxygen atoms in total. The molecule has 0 aromatic heterocycles. The number of hydrogen-bond donors (Lipinski definition) is 0. The van der Waals surface area contributed by atoms with Gasteiger partial charge in [-0.25, -0.2) is 0 Å². The van der Waals surface area contributed by atoms with Gasteiger partial charge >= 0.3 is 5.97 Å². The Labute approximate surface area is 112 Å². The Hall–Kier alpha value is -1.69. The number of rotatable bonds is 3. The third-order valence-corrected chi connectivity index (χ3v) is 3.20. The molecule has 1 heterocycles. The number of ether oxygens (including phenoxy) is 1. The number of amides is 2. The molecular formula is C12H10BrNO4. The smallest absolute Gasteiger partial charge is 0.326 e. The highest BCUT2D eigenvalue weighted by molar-refractivity contribution is 9.10. The number of carbonyl (C=O) groups excluding carboxylic acids is 3. The number of halogens is 1. The molecule has 0 fully saturated rings. The van der Waals surface area contributed by atoms with Gasteiger partial charge in [0.25, 0.3) is 11.8 Å². The summed E-state index contributed by atoms with van der Waals surface area (Å²) in [7, 11) is 0. The predicted octanol–water partition coefficient (Wildman–Crippen LogP) is 1.61. The Morgan fingerprint density at radius 3 is 2.67 bits per heavy atom. The summed E-state index contributed by atoms with van der Waals surface area (Å²) in [4.78, 5) is 36.3. The van der Waals surface area contributed by atoms with Crippen molar-refractivity contribution in [3.05, 3.63) is 33.8 Å². The number of hydrogen-bond acceptors (Lipinski definition) is 4. The summed E-state index contributed by atoms with van der Waals surface area (Å²) < 4.78 is 5.28. The van der Waals surface area contributed by atoms with E-state index in [0.29, 0.717) is 15.6 Å². The van der Waals surface area contributed by atoms with Crippen LogP contribution in [0.5, 0.6) is 0 Å². The predicted molar refractivity (Wildman–Crippen MR) is 66.1 cm³/mol. The summed E-state index contributed by atoms with van der Waals surface area (Å²) in [5.74, 6) is -1.54. The van der Waals surface area contributed by atoms with Crippen LogP contribution in [-0.4, -0.2) is 35.8 Å². The molecule has 2 rings (SSSR count). The topological polar surface area (TPSA) is 63.7 Å². The molecule has 94 valence electrons. The molecule has 0 spiro atoms. The van der Waals surface area contributed by atoms with E-state index in [1.54, 1.807) is 25.1 Å². The minimum atomic E-state index is -0.594. The molecule has 1 aliphatic rings. The van der Waals surface area contributed by atoms with Crippen LogP contribution in [0.3, 0.4) is 0 Å². The second kappa shape index (κ2) is 4.89. The van der Waals surface area contributed by atoms with Gasteiger partial charge in [0.15, 0.2) is 0 Å². The van der Waals surface area contributed by atoms with Gasteiger partial charge < -0.3 is 4.74 Å². The molecule has 1 aromatic rings. The van der Waals surface area contributed by atoms with Crippen molar-refractivity contribution >= 4 is 33.7 Å². The van der Waals surface area contributed by atoms with E-state index in [2.05, 4.69) is 15.9 Å². The fraction of sp³-hybridized carbons (Fsp3) is 0.250. The van der Waals surface area contributed by atoms with Gasteiger partial charge in [0.05, 0.1) is 17.7 Å². The SMILES string of the molecule is CCOC(=O)CN1C(=O)c2cccc(Br)c2C1=O. The maximum Gasteiger partial charge on any atom is 0.326 e. The molecule has 18 heavy (non-hydrogen) atoms. The highest BCUT2D eigenvalue weighted by atomic mass is 79.9. The van der Waals surface area contributed by atoms with Crippen molar-refractivity contribution in [2.24, 2.45) is 0 Å². The van der Waals surface area contributed by atoms with Gasteiger partial charge in [0, 0.05) is 4.47 Å². The van der Waals surface area contributed by atoms with Crippen LogP contribution < -0.4 is 0 Å². The second-order valence-corrected chi connectivity index (χ2v) is 4.52. The first-order chi connectivity index (χ1) is 8.56. The van der Waals surface area contributed by atoms with Crippen LogP contribution in [0.1, 0.15) is 27.6 Å². The van der Waals surface area contributed by atoms with E-state index < -0.39 is 17.8 Å². The minimum Gasteiger partial charge on any atom is -0.465 e. The van der Waals surface area contributed by atoms with Crippen LogP contribution in [-0.2, 0) is 9.53 Å². The molecular weight excluding hydrogens is 302 g/mol. The van der Waals surface area contributed by atoms with Crippen molar-refractivity contribution in [3.63, 3.8) is 0 Å². The van der Waals surface area contributed by atoms with Gasteiger partial charge in [-0.1, -0.05) is 6.07 Å². The van der Waals surface area contributed by atoms with Crippen LogP contribution in [0, 0.1) is 0 Å². The van der Waals surface area contributed by atoms with Crippen molar-refractivity contribution in [3.8, 4) is 0 Å². The number of benzene rings is 1. The first-order valence-corrected chi connectivity index (χ1v) is 6.16. The van der Waals surface area contributed by atoms with E-state index in [1.165, 1.54) is 0 Å². The fourth-order valence-electron chi connectivity index (χ4n) is 1.77. The van der Waals surface area contributed by atoms with Gasteiger partial charge in [-0.15, -0.1) is 0 Å². The highest BCUT2D eigenvalue weighted by Crippen LogP contribution is 2.29. The lowest BCUT2D eigenvalue weighted by atomic mass is 10.1. The Morgan fingerprint density at radius 2 is 2.06 bits per heavy atom. The highest BCUT2D eigenvalue weighted by Gasteiger charge is 2.38. The molecule has 0 N–H and O–H groups in total. The number of nitrogens with zero attached hydrogens (tertiary/aromatic N) is 1. The van der Waals surface area contributed by atoms with Crippen LogP contribution in [0.4, 0.5) is 0 Å². The Balaban J connectivity index is 2.29. The third-order valence-electron chi connectivity index (χ3n) is 2.54. The van der Waals surface area contributed by atoms with Crippen LogP contribution in [0.15, 0.2) is 22.7 Å². The van der Waals surface area contributed by atoms with Crippen molar-refractivity contribution in [2.45, 2.75) is 6.92 Å². The summed E-state index contributed by atoms with van der Waals surface area (Å²) >= 11 is 3.22. The molecule has 6 heteroatoms. The molecule has 1 aliphatic heterocycles. The summed E-state index contributed by atoms with van der Waals surface area (Å²) in [5, 5.41) is 0. The molecule has 0 atom stereocenters. The molecule has 0 radical (unpaired) electrons. The largest absolute Gasteiger partial charge is 0.465 e. The lowest BCUT2D eigenvalue weighted by molar-refractivity contribution is -0.143. The van der Waals surface area contributed by atoms with Crippen LogP contribution in [0.25, 0.3) is 0 Å². The summed E-state index contributed by atoms with van der Waals surface area (Å²) in [6.45, 7) is 1.52. The third kappa shape index (κ3) is 2.03. The normalized spacial score (nSPS) is 13.8. The van der Waals surface area contributed by atoms with Crippen molar-refractivity contribution in [1.82, 2.24) is 4.90 Å². The molecule has 0 bridgehead atoms. The lowest BCUT2D eigenvalue weighted by Gasteiger charge is -2.12. The van der Waals surface area contributed by atoms with Gasteiger partial charge in [-0.2, -0.15) is 0 Å². The molecule has 2 amide bonds. The van der Waals surface area contributed by atoms with Gasteiger partial charge in [0.1, 0.15) is 6.54 Å². The Bertz CT molecular complexity index is 541. The van der Waals surface area contributed by atoms with Gasteiger partial charge in [-0.3, -0.25) is 19.3 Å². The number of fused-ring (bicyclic) bond motifs is 1. The lowest BCUT2D eigenvalue weighted by Crippen LogP contribution is -2.35. The maximum atomic E-state index is 12.0. The zero-order valence-electron chi connectivity index (χ0n) is 9.60. The molecule has 1 aromatic carbocycles. The zero-order chi connectivity index (χ0) is 13.3. The summed E-state index contributed by atoms with van der Waals surface area (Å²) in [6, 6.07) is 4.91. The number of imide groups is 1. The van der Waals surface area contributed by atoms with E-state index >= 15 is 0 Å². The average Bonchev–Trinajstić information content (AvgIpc) is 2.56. The van der Waals surface area contributed by atoms with E-state index in [4.69, 9.17) is 4.74 Å². The summed E-state index contributed by atoms with van der Waals surface area (Å²) in [5.41, 5.74) is 0.602. The van der Waals surface area contributed by atoms with Crippen LogP contribution >= 0.6 is 15.9 Å². The quantitative estimate of drug-likeness (QED) is 0.628. The van der Waals surface area contributed by atoms with Gasteiger partial charge in [0.2, 0.25) is 0 Å². The molecule has 0 unspecified atom stereocenters. The molecule has 0 saturated carbocycles. The zero-order valence-corrected chi connectivity index (χ0v) is 11.2. The first-order valence-electron chi connectivity index (χ1n) is 5.36. The minimum absolute atomic E-state index is 0.214. The molecule has 0 saturated heterocycles. The Morgan fingerprint density at radius 1 is 1.33 bits per heavy atom. The monoisotopic (exact) mass is 311 g/mol. The second-order valence-electron chi connectivity index (χ2n) is 3.66. The van der Waals surface area contributed by atoms with E-state index in [0.717, 1.165) is 4.90 Å². The first kappa shape index (κ1) is 12.8. The van der Waals surface area contributed by atoms with Crippen molar-refractivity contribution < 1.29 is 19.1 Å². The molecule has 0 aliphatic carbocycles. The standard InChI is InChI=1S/C12H10BrNO4/c1-2-18-9(15)6-14-11(16)7-4-3-5-8(13)10(7)12(14)17/h3-5H,2,6H2,1H3. The van der Waals surface area contributed by atoms with Crippen LogP contribution in [0.2, 0.25) is 0 Å². The fourth-order valence-corrected chi connectivity index (χ4v) is 2.31. The maximum absolute atomic E-state index is 12.0. The summed E-state index contributed by atoms with van der Waals surface area (Å²) in [6.07, 6.45) is 0. The van der Waals surface area contributed by atoms with E-state index in [-0.39, 0.29) is 13.2 Å². The Kier molecular flexibility index (Phi) is 3.47. The average molecular weight is 312 g/mol.